The van der Waals surface area contributed by atoms with E-state index in [1.165, 1.54) is 39.1 Å². The lowest BCUT2D eigenvalue weighted by atomic mass is 10.1. The van der Waals surface area contributed by atoms with E-state index in [2.05, 4.69) is 10.6 Å². The van der Waals surface area contributed by atoms with E-state index in [-0.39, 0.29) is 21.9 Å². The lowest BCUT2D eigenvalue weighted by Gasteiger charge is -2.22. The fraction of sp³-hybridized carbons (Fsp3) is 0.429. The molecule has 0 saturated carbocycles. The van der Waals surface area contributed by atoms with Crippen molar-refractivity contribution in [3.05, 3.63) is 23.8 Å². The Kier molecular flexibility index (Phi) is 6.54. The Balaban J connectivity index is 3.44. The Morgan fingerprint density at radius 2 is 1.84 bits per heavy atom. The van der Waals surface area contributed by atoms with E-state index in [0.29, 0.717) is 0 Å². The highest BCUT2D eigenvalue weighted by Gasteiger charge is 2.40. The van der Waals surface area contributed by atoms with Crippen LogP contribution in [0.2, 0.25) is 0 Å². The van der Waals surface area contributed by atoms with Crippen LogP contribution < -0.4 is 16.0 Å². The monoisotopic (exact) mass is 381 g/mol. The SMILES string of the molecule is CCS(=O)(=O)c1ccc(NC(C)=O)cc1C(NC)NC(=O)C(F)(F)F. The Bertz CT molecular complexity index is 763. The van der Waals surface area contributed by atoms with Gasteiger partial charge in [0.2, 0.25) is 5.91 Å². The molecule has 1 rings (SSSR count). The van der Waals surface area contributed by atoms with Crippen molar-refractivity contribution in [2.24, 2.45) is 0 Å². The van der Waals surface area contributed by atoms with Gasteiger partial charge in [0.05, 0.1) is 10.6 Å². The van der Waals surface area contributed by atoms with Gasteiger partial charge in [0.15, 0.2) is 9.84 Å². The fourth-order valence-electron chi connectivity index (χ4n) is 2.01. The number of nitrogens with one attached hydrogen (secondary N) is 3. The molecule has 0 aromatic heterocycles. The number of carbonyl (C=O) groups excluding carboxylic acids is 2. The average molecular weight is 381 g/mol. The van der Waals surface area contributed by atoms with Crippen LogP contribution in [0.25, 0.3) is 0 Å². The van der Waals surface area contributed by atoms with Crippen molar-refractivity contribution in [2.75, 3.05) is 18.1 Å². The van der Waals surface area contributed by atoms with Gasteiger partial charge in [-0.3, -0.25) is 14.9 Å². The van der Waals surface area contributed by atoms with Crippen molar-refractivity contribution in [1.82, 2.24) is 10.6 Å². The molecule has 140 valence electrons. The first kappa shape index (κ1) is 20.9. The number of halogens is 3. The molecule has 0 radical (unpaired) electrons. The maximum atomic E-state index is 12.5. The fourth-order valence-corrected chi connectivity index (χ4v) is 3.13. The molecule has 1 aromatic rings. The molecule has 0 aliphatic rings. The molecule has 7 nitrogen and oxygen atoms in total. The summed E-state index contributed by atoms with van der Waals surface area (Å²) in [5.41, 5.74) is 0.0623. The Labute approximate surface area is 142 Å². The van der Waals surface area contributed by atoms with Crippen LogP contribution in [0.1, 0.15) is 25.6 Å². The normalized spacial score (nSPS) is 13.2. The third-order valence-electron chi connectivity index (χ3n) is 3.18. The van der Waals surface area contributed by atoms with Gasteiger partial charge in [-0.25, -0.2) is 8.42 Å². The topological polar surface area (TPSA) is 104 Å². The Hall–Kier alpha value is -2.14. The summed E-state index contributed by atoms with van der Waals surface area (Å²) < 4.78 is 61.9. The van der Waals surface area contributed by atoms with Gasteiger partial charge in [-0.15, -0.1) is 0 Å². The van der Waals surface area contributed by atoms with E-state index in [4.69, 9.17) is 0 Å². The Morgan fingerprint density at radius 1 is 1.24 bits per heavy atom. The van der Waals surface area contributed by atoms with E-state index in [1.54, 1.807) is 5.32 Å². The molecule has 0 saturated heterocycles. The first-order valence-corrected chi connectivity index (χ1v) is 8.76. The molecule has 2 amide bonds. The lowest BCUT2D eigenvalue weighted by Crippen LogP contribution is -2.44. The third kappa shape index (κ3) is 5.43. The van der Waals surface area contributed by atoms with Crippen molar-refractivity contribution in [3.63, 3.8) is 0 Å². The van der Waals surface area contributed by atoms with Crippen molar-refractivity contribution >= 4 is 27.3 Å². The zero-order chi connectivity index (χ0) is 19.4. The number of hydrogen-bond donors (Lipinski definition) is 3. The number of benzene rings is 1. The third-order valence-corrected chi connectivity index (χ3v) is 4.98. The molecule has 1 unspecified atom stereocenters. The average Bonchev–Trinajstić information content (AvgIpc) is 2.50. The summed E-state index contributed by atoms with van der Waals surface area (Å²) in [7, 11) is -2.53. The first-order valence-electron chi connectivity index (χ1n) is 7.11. The lowest BCUT2D eigenvalue weighted by molar-refractivity contribution is -0.174. The maximum Gasteiger partial charge on any atom is 0.471 e. The zero-order valence-corrected chi connectivity index (χ0v) is 14.5. The molecule has 3 N–H and O–H groups in total. The molecule has 0 spiro atoms. The molecular weight excluding hydrogens is 363 g/mol. The molecule has 11 heteroatoms. The number of carbonyl (C=O) groups is 2. The smallest absolute Gasteiger partial charge is 0.329 e. The van der Waals surface area contributed by atoms with E-state index < -0.39 is 34.0 Å². The maximum absolute atomic E-state index is 12.5. The van der Waals surface area contributed by atoms with Crippen molar-refractivity contribution in [1.29, 1.82) is 0 Å². The summed E-state index contributed by atoms with van der Waals surface area (Å²) in [6.07, 6.45) is -6.56. The van der Waals surface area contributed by atoms with E-state index in [9.17, 15) is 31.2 Å². The molecule has 1 aromatic carbocycles. The highest BCUT2D eigenvalue weighted by atomic mass is 32.2. The summed E-state index contributed by atoms with van der Waals surface area (Å²) in [5, 5.41) is 6.53. The molecule has 0 aliphatic heterocycles. The van der Waals surface area contributed by atoms with E-state index >= 15 is 0 Å². The molecular formula is C14H18F3N3O4S. The quantitative estimate of drug-likeness (QED) is 0.645. The molecule has 0 fully saturated rings. The number of anilines is 1. The van der Waals surface area contributed by atoms with E-state index in [1.807, 2.05) is 0 Å². The standard InChI is InChI=1S/C14H18F3N3O4S/c1-4-25(23,24)11-6-5-9(19-8(2)21)7-10(11)12(18-3)20-13(22)14(15,16)17/h5-7,12,18H,4H2,1-3H3,(H,19,21)(H,20,22). The summed E-state index contributed by atoms with van der Waals surface area (Å²) in [6.45, 7) is 2.60. The van der Waals surface area contributed by atoms with Crippen LogP contribution in [0.5, 0.6) is 0 Å². The Morgan fingerprint density at radius 3 is 2.28 bits per heavy atom. The second-order valence-corrected chi connectivity index (χ2v) is 7.28. The molecule has 0 heterocycles. The van der Waals surface area contributed by atoms with Crippen LogP contribution in [0.3, 0.4) is 0 Å². The largest absolute Gasteiger partial charge is 0.471 e. The van der Waals surface area contributed by atoms with Crippen molar-refractivity contribution < 1.29 is 31.2 Å². The number of hydrogen-bond acceptors (Lipinski definition) is 5. The number of alkyl halides is 3. The van der Waals surface area contributed by atoms with Gasteiger partial charge in [-0.05, 0) is 25.2 Å². The van der Waals surface area contributed by atoms with Crippen LogP contribution in [-0.4, -0.2) is 39.2 Å². The molecule has 25 heavy (non-hydrogen) atoms. The van der Waals surface area contributed by atoms with Gasteiger partial charge in [0.1, 0.15) is 6.17 Å². The second-order valence-electron chi connectivity index (χ2n) is 5.03. The van der Waals surface area contributed by atoms with Gasteiger partial charge in [0.25, 0.3) is 0 Å². The number of amides is 2. The minimum absolute atomic E-state index is 0.117. The summed E-state index contributed by atoms with van der Waals surface area (Å²) in [4.78, 5) is 22.1. The van der Waals surface area contributed by atoms with Crippen molar-refractivity contribution in [3.8, 4) is 0 Å². The van der Waals surface area contributed by atoms with Crippen LogP contribution in [-0.2, 0) is 19.4 Å². The summed E-state index contributed by atoms with van der Waals surface area (Å²) in [6, 6.07) is 3.68. The molecule has 0 bridgehead atoms. The van der Waals surface area contributed by atoms with Gasteiger partial charge < -0.3 is 10.6 Å². The highest BCUT2D eigenvalue weighted by Crippen LogP contribution is 2.27. The molecule has 0 aliphatic carbocycles. The number of sulfone groups is 1. The van der Waals surface area contributed by atoms with Crippen LogP contribution >= 0.6 is 0 Å². The minimum atomic E-state index is -5.13. The highest BCUT2D eigenvalue weighted by molar-refractivity contribution is 7.91. The number of rotatable bonds is 6. The van der Waals surface area contributed by atoms with Gasteiger partial charge in [0, 0.05) is 18.2 Å². The first-order chi connectivity index (χ1) is 11.4. The summed E-state index contributed by atoms with van der Waals surface area (Å²) in [5.74, 6) is -2.96. The van der Waals surface area contributed by atoms with E-state index in [0.717, 1.165) is 0 Å². The van der Waals surface area contributed by atoms with Crippen molar-refractivity contribution in [2.45, 2.75) is 31.1 Å². The summed E-state index contributed by atoms with van der Waals surface area (Å²) >= 11 is 0. The molecule has 1 atom stereocenters. The van der Waals surface area contributed by atoms with Crippen LogP contribution in [0, 0.1) is 0 Å². The van der Waals surface area contributed by atoms with Crippen LogP contribution in [0.15, 0.2) is 23.1 Å². The van der Waals surface area contributed by atoms with Gasteiger partial charge >= 0.3 is 12.1 Å². The zero-order valence-electron chi connectivity index (χ0n) is 13.7. The predicted molar refractivity (Wildman–Crippen MR) is 84.5 cm³/mol. The van der Waals surface area contributed by atoms with Gasteiger partial charge in [-0.2, -0.15) is 13.2 Å². The predicted octanol–water partition coefficient (Wildman–Crippen LogP) is 1.34. The minimum Gasteiger partial charge on any atom is -0.329 e. The van der Waals surface area contributed by atoms with Crippen LogP contribution in [0.4, 0.5) is 18.9 Å². The van der Waals surface area contributed by atoms with Gasteiger partial charge in [-0.1, -0.05) is 6.92 Å². The second kappa shape index (κ2) is 7.83.